The van der Waals surface area contributed by atoms with E-state index in [2.05, 4.69) is 5.10 Å². The minimum Gasteiger partial charge on any atom is -0.497 e. The van der Waals surface area contributed by atoms with E-state index in [0.29, 0.717) is 31.8 Å². The summed E-state index contributed by atoms with van der Waals surface area (Å²) >= 11 is 0. The number of aromatic carboxylic acids is 1. The highest BCUT2D eigenvalue weighted by atomic mass is 16.5. The summed E-state index contributed by atoms with van der Waals surface area (Å²) in [6.07, 6.45) is 3.56. The standard InChI is InChI=1S/C21H25N3O5/c1-13-18(21(26)27)11-22-24(13)16-5-7-23(8-6-16)20(25)15-9-14-10-17(28-2)3-4-19(14)29-12-15/h3-4,10-11,15-16H,5-9,12H2,1-2H3,(H,26,27). The van der Waals surface area contributed by atoms with Gasteiger partial charge in [-0.05, 0) is 49.9 Å². The Morgan fingerprint density at radius 1 is 1.28 bits per heavy atom. The van der Waals surface area contributed by atoms with Crippen molar-refractivity contribution in [2.45, 2.75) is 32.2 Å². The number of hydrogen-bond donors (Lipinski definition) is 1. The number of aromatic nitrogens is 2. The number of carboxylic acids is 1. The highest BCUT2D eigenvalue weighted by Crippen LogP contribution is 2.32. The van der Waals surface area contributed by atoms with E-state index in [1.807, 2.05) is 23.1 Å². The number of likely N-dealkylation sites (tertiary alicyclic amines) is 1. The molecule has 2 aliphatic rings. The molecule has 3 heterocycles. The van der Waals surface area contributed by atoms with E-state index in [1.54, 1.807) is 18.7 Å². The molecule has 29 heavy (non-hydrogen) atoms. The summed E-state index contributed by atoms with van der Waals surface area (Å²) in [5.74, 6) is 0.528. The van der Waals surface area contributed by atoms with E-state index in [4.69, 9.17) is 9.47 Å². The molecule has 1 aromatic heterocycles. The molecule has 1 saturated heterocycles. The maximum absolute atomic E-state index is 13.0. The van der Waals surface area contributed by atoms with Gasteiger partial charge in [0.15, 0.2) is 0 Å². The van der Waals surface area contributed by atoms with Crippen LogP contribution in [-0.4, -0.2) is 58.5 Å². The van der Waals surface area contributed by atoms with Gasteiger partial charge in [-0.15, -0.1) is 0 Å². The van der Waals surface area contributed by atoms with Crippen LogP contribution in [0.2, 0.25) is 0 Å². The van der Waals surface area contributed by atoms with Gasteiger partial charge >= 0.3 is 5.97 Å². The summed E-state index contributed by atoms with van der Waals surface area (Å²) in [6, 6.07) is 5.79. The number of methoxy groups -OCH3 is 1. The summed E-state index contributed by atoms with van der Waals surface area (Å²) in [7, 11) is 1.62. The van der Waals surface area contributed by atoms with Crippen molar-refractivity contribution in [1.82, 2.24) is 14.7 Å². The average molecular weight is 399 g/mol. The molecule has 1 unspecified atom stereocenters. The molecule has 8 heteroatoms. The predicted octanol–water partition coefficient (Wildman–Crippen LogP) is 2.31. The molecule has 1 fully saturated rings. The topological polar surface area (TPSA) is 93.9 Å². The number of amides is 1. The fourth-order valence-corrected chi connectivity index (χ4v) is 4.25. The monoisotopic (exact) mass is 399 g/mol. The van der Waals surface area contributed by atoms with Crippen molar-refractivity contribution in [3.63, 3.8) is 0 Å². The fraction of sp³-hybridized carbons (Fsp3) is 0.476. The van der Waals surface area contributed by atoms with E-state index in [1.165, 1.54) is 6.20 Å². The lowest BCUT2D eigenvalue weighted by molar-refractivity contribution is -0.138. The molecule has 0 saturated carbocycles. The van der Waals surface area contributed by atoms with Gasteiger partial charge in [0.05, 0.1) is 31.0 Å². The second kappa shape index (κ2) is 7.77. The third-order valence-electron chi connectivity index (χ3n) is 5.92. The van der Waals surface area contributed by atoms with E-state index in [-0.39, 0.29) is 23.4 Å². The maximum Gasteiger partial charge on any atom is 0.339 e. The number of benzene rings is 1. The third-order valence-corrected chi connectivity index (χ3v) is 5.92. The van der Waals surface area contributed by atoms with Gasteiger partial charge < -0.3 is 19.5 Å². The Morgan fingerprint density at radius 3 is 2.69 bits per heavy atom. The van der Waals surface area contributed by atoms with E-state index >= 15 is 0 Å². The maximum atomic E-state index is 13.0. The van der Waals surface area contributed by atoms with Crippen LogP contribution in [0.1, 0.15) is 40.5 Å². The molecule has 4 rings (SSSR count). The van der Waals surface area contributed by atoms with Crippen molar-refractivity contribution in [2.24, 2.45) is 5.92 Å². The number of hydrogen-bond acceptors (Lipinski definition) is 5. The molecule has 0 radical (unpaired) electrons. The van der Waals surface area contributed by atoms with Gasteiger partial charge in [-0.2, -0.15) is 5.10 Å². The third kappa shape index (κ3) is 3.66. The predicted molar refractivity (Wildman–Crippen MR) is 104 cm³/mol. The van der Waals surface area contributed by atoms with Crippen LogP contribution in [0.15, 0.2) is 24.4 Å². The van der Waals surface area contributed by atoms with Crippen molar-refractivity contribution in [1.29, 1.82) is 0 Å². The van der Waals surface area contributed by atoms with E-state index in [9.17, 15) is 14.7 Å². The average Bonchev–Trinajstić information content (AvgIpc) is 3.14. The van der Waals surface area contributed by atoms with Gasteiger partial charge in [-0.3, -0.25) is 9.48 Å². The molecule has 1 atom stereocenters. The Balaban J connectivity index is 1.39. The summed E-state index contributed by atoms with van der Waals surface area (Å²) in [5, 5.41) is 13.5. The Bertz CT molecular complexity index is 930. The minimum atomic E-state index is -0.962. The van der Waals surface area contributed by atoms with Crippen LogP contribution in [0.5, 0.6) is 11.5 Å². The van der Waals surface area contributed by atoms with Crippen molar-refractivity contribution in [3.8, 4) is 11.5 Å². The zero-order valence-corrected chi connectivity index (χ0v) is 16.6. The van der Waals surface area contributed by atoms with Gasteiger partial charge in [-0.1, -0.05) is 0 Å². The van der Waals surface area contributed by atoms with Gasteiger partial charge in [0.2, 0.25) is 5.91 Å². The first kappa shape index (κ1) is 19.3. The second-order valence-electron chi connectivity index (χ2n) is 7.64. The van der Waals surface area contributed by atoms with Crippen LogP contribution in [-0.2, 0) is 11.2 Å². The molecule has 0 spiro atoms. The number of carbonyl (C=O) groups excluding carboxylic acids is 1. The number of piperidine rings is 1. The first-order chi connectivity index (χ1) is 14.0. The quantitative estimate of drug-likeness (QED) is 0.848. The van der Waals surface area contributed by atoms with Crippen LogP contribution in [0.4, 0.5) is 0 Å². The number of nitrogens with zero attached hydrogens (tertiary/aromatic N) is 3. The minimum absolute atomic E-state index is 0.111. The number of rotatable bonds is 4. The van der Waals surface area contributed by atoms with Crippen molar-refractivity contribution in [2.75, 3.05) is 26.8 Å². The van der Waals surface area contributed by atoms with Crippen molar-refractivity contribution >= 4 is 11.9 Å². The Labute approximate surface area is 169 Å². The molecule has 1 N–H and O–H groups in total. The number of fused-ring (bicyclic) bond motifs is 1. The largest absolute Gasteiger partial charge is 0.497 e. The zero-order valence-electron chi connectivity index (χ0n) is 16.6. The van der Waals surface area contributed by atoms with Crippen LogP contribution in [0.3, 0.4) is 0 Å². The Kier molecular flexibility index (Phi) is 5.17. The van der Waals surface area contributed by atoms with Gasteiger partial charge in [0.25, 0.3) is 0 Å². The molecule has 154 valence electrons. The van der Waals surface area contributed by atoms with Gasteiger partial charge in [0, 0.05) is 13.1 Å². The van der Waals surface area contributed by atoms with E-state index < -0.39 is 5.97 Å². The molecule has 1 aromatic carbocycles. The molecule has 2 aliphatic heterocycles. The zero-order chi connectivity index (χ0) is 20.5. The number of ether oxygens (including phenoxy) is 2. The van der Waals surface area contributed by atoms with Gasteiger partial charge in [-0.25, -0.2) is 4.79 Å². The number of carboxylic acid groups (broad SMARTS) is 1. The van der Waals surface area contributed by atoms with Crippen LogP contribution < -0.4 is 9.47 Å². The lowest BCUT2D eigenvalue weighted by Crippen LogP contribution is -2.45. The molecule has 0 aliphatic carbocycles. The summed E-state index contributed by atoms with van der Waals surface area (Å²) < 4.78 is 12.9. The highest BCUT2D eigenvalue weighted by molar-refractivity contribution is 5.88. The smallest absolute Gasteiger partial charge is 0.339 e. The van der Waals surface area contributed by atoms with Crippen LogP contribution >= 0.6 is 0 Å². The lowest BCUT2D eigenvalue weighted by Gasteiger charge is -2.35. The number of carbonyl (C=O) groups is 2. The summed E-state index contributed by atoms with van der Waals surface area (Å²) in [5.41, 5.74) is 1.89. The first-order valence-corrected chi connectivity index (χ1v) is 9.84. The van der Waals surface area contributed by atoms with E-state index in [0.717, 1.165) is 29.9 Å². The fourth-order valence-electron chi connectivity index (χ4n) is 4.25. The highest BCUT2D eigenvalue weighted by Gasteiger charge is 2.33. The summed E-state index contributed by atoms with van der Waals surface area (Å²) in [4.78, 5) is 26.2. The first-order valence-electron chi connectivity index (χ1n) is 9.84. The normalized spacial score (nSPS) is 19.4. The summed E-state index contributed by atoms with van der Waals surface area (Å²) in [6.45, 7) is 3.43. The van der Waals surface area contributed by atoms with Crippen molar-refractivity contribution < 1.29 is 24.2 Å². The van der Waals surface area contributed by atoms with Gasteiger partial charge in [0.1, 0.15) is 23.7 Å². The molecule has 0 bridgehead atoms. The second-order valence-corrected chi connectivity index (χ2v) is 7.64. The SMILES string of the molecule is COc1ccc2c(c1)CC(C(=O)N1CCC(n3ncc(C(=O)O)c3C)CC1)CO2. The van der Waals surface area contributed by atoms with Crippen LogP contribution in [0.25, 0.3) is 0 Å². The molecular weight excluding hydrogens is 374 g/mol. The van der Waals surface area contributed by atoms with Crippen molar-refractivity contribution in [3.05, 3.63) is 41.2 Å². The molecule has 8 nitrogen and oxygen atoms in total. The lowest BCUT2D eigenvalue weighted by atomic mass is 9.94. The molecular formula is C21H25N3O5. The molecule has 2 aromatic rings. The molecule has 1 amide bonds. The van der Waals surface area contributed by atoms with Crippen LogP contribution in [0, 0.1) is 12.8 Å². The Hall–Kier alpha value is -3.03. The Morgan fingerprint density at radius 2 is 2.03 bits per heavy atom.